The van der Waals surface area contributed by atoms with E-state index < -0.39 is 30.6 Å². The number of ether oxygens (including phenoxy) is 2. The van der Waals surface area contributed by atoms with Gasteiger partial charge in [-0.25, -0.2) is 4.79 Å². The van der Waals surface area contributed by atoms with Gasteiger partial charge in [0, 0.05) is 23.0 Å². The van der Waals surface area contributed by atoms with Gasteiger partial charge in [-0.2, -0.15) is 8.78 Å². The summed E-state index contributed by atoms with van der Waals surface area (Å²) in [7, 11) is 1.27. The number of alkyl halides is 3. The van der Waals surface area contributed by atoms with Gasteiger partial charge in [0.25, 0.3) is 0 Å². The molecule has 0 spiro atoms. The highest BCUT2D eigenvalue weighted by Crippen LogP contribution is 2.41. The second kappa shape index (κ2) is 8.55. The Morgan fingerprint density at radius 1 is 1.19 bits per heavy atom. The van der Waals surface area contributed by atoms with E-state index in [2.05, 4.69) is 9.72 Å². The number of methoxy groups -OCH3 is 1. The summed E-state index contributed by atoms with van der Waals surface area (Å²) in [4.78, 5) is 30.3. The maximum atomic E-state index is 12.9. The summed E-state index contributed by atoms with van der Waals surface area (Å²) in [6.07, 6.45) is 0.262. The summed E-state index contributed by atoms with van der Waals surface area (Å²) in [5, 5.41) is 0.937. The Bertz CT molecular complexity index is 1120. The zero-order chi connectivity index (χ0) is 22.1. The van der Waals surface area contributed by atoms with Crippen molar-refractivity contribution >= 4 is 34.4 Å². The summed E-state index contributed by atoms with van der Waals surface area (Å²) in [5.74, 6) is -1.34. The third-order valence-electron chi connectivity index (χ3n) is 5.43. The number of carbonyl (C=O) groups excluding carboxylic acids is 2. The summed E-state index contributed by atoms with van der Waals surface area (Å²) in [6.45, 7) is -2.95. The normalized spacial score (nSPS) is 18.2. The van der Waals surface area contributed by atoms with Gasteiger partial charge in [0.2, 0.25) is 5.91 Å². The minimum atomic E-state index is -2.95. The van der Waals surface area contributed by atoms with Crippen LogP contribution in [-0.2, 0) is 20.7 Å². The number of rotatable bonds is 5. The molecule has 1 aliphatic rings. The summed E-state index contributed by atoms with van der Waals surface area (Å²) >= 11 is 5.88. The summed E-state index contributed by atoms with van der Waals surface area (Å²) < 4.78 is 34.5. The Morgan fingerprint density at radius 3 is 2.55 bits per heavy atom. The second-order valence-corrected chi connectivity index (χ2v) is 7.36. The lowest BCUT2D eigenvalue weighted by molar-refractivity contribution is -0.154. The standard InChI is InChI=1S/C22H19ClF2N2O4/c1-30-21(29)17-10-15-14-4-2-3-5-16(14)26-19(15)20(27(17)18(28)11-23)12-6-8-13(9-7-12)31-22(24)25/h2-9,17,20,22,26H,10-11H2,1H3/t17-,20-/m1/s1. The predicted molar refractivity (Wildman–Crippen MR) is 110 cm³/mol. The van der Waals surface area contributed by atoms with Gasteiger partial charge in [-0.1, -0.05) is 30.3 Å². The van der Waals surface area contributed by atoms with Crippen molar-refractivity contribution in [3.63, 3.8) is 0 Å². The van der Waals surface area contributed by atoms with Crippen LogP contribution in [0.2, 0.25) is 0 Å². The SMILES string of the molecule is COC(=O)[C@H]1Cc2c([nH]c3ccccc23)[C@@H](c2ccc(OC(F)F)cc2)N1C(=O)CCl. The number of fused-ring (bicyclic) bond motifs is 3. The van der Waals surface area contributed by atoms with Crippen LogP contribution < -0.4 is 4.74 Å². The van der Waals surface area contributed by atoms with Crippen molar-refractivity contribution in [1.29, 1.82) is 0 Å². The molecule has 1 N–H and O–H groups in total. The van der Waals surface area contributed by atoms with Gasteiger partial charge in [-0.3, -0.25) is 4.79 Å². The van der Waals surface area contributed by atoms with Gasteiger partial charge in [-0.15, -0.1) is 11.6 Å². The number of aromatic nitrogens is 1. The van der Waals surface area contributed by atoms with Crippen molar-refractivity contribution in [2.45, 2.75) is 25.1 Å². The van der Waals surface area contributed by atoms with Crippen molar-refractivity contribution in [1.82, 2.24) is 9.88 Å². The molecule has 9 heteroatoms. The van der Waals surface area contributed by atoms with Gasteiger partial charge < -0.3 is 19.4 Å². The molecule has 0 radical (unpaired) electrons. The van der Waals surface area contributed by atoms with Crippen LogP contribution in [0.15, 0.2) is 48.5 Å². The molecule has 6 nitrogen and oxygen atoms in total. The molecule has 0 saturated carbocycles. The van der Waals surface area contributed by atoms with Crippen LogP contribution in [0.25, 0.3) is 10.9 Å². The van der Waals surface area contributed by atoms with Crippen molar-refractivity contribution < 1.29 is 27.8 Å². The number of hydrogen-bond donors (Lipinski definition) is 1. The average molecular weight is 449 g/mol. The number of esters is 1. The fourth-order valence-corrected chi connectivity index (χ4v) is 4.30. The smallest absolute Gasteiger partial charge is 0.387 e. The molecule has 3 aromatic rings. The highest BCUT2D eigenvalue weighted by atomic mass is 35.5. The third kappa shape index (κ3) is 3.83. The van der Waals surface area contributed by atoms with Crippen LogP contribution in [-0.4, -0.2) is 47.4 Å². The van der Waals surface area contributed by atoms with E-state index in [1.165, 1.54) is 24.1 Å². The van der Waals surface area contributed by atoms with Crippen molar-refractivity contribution in [3.8, 4) is 5.75 Å². The molecule has 2 heterocycles. The van der Waals surface area contributed by atoms with Crippen LogP contribution in [0, 0.1) is 0 Å². The number of para-hydroxylation sites is 1. The first kappa shape index (κ1) is 21.1. The zero-order valence-electron chi connectivity index (χ0n) is 16.5. The predicted octanol–water partition coefficient (Wildman–Crippen LogP) is 4.02. The zero-order valence-corrected chi connectivity index (χ0v) is 17.2. The van der Waals surface area contributed by atoms with Gasteiger partial charge >= 0.3 is 12.6 Å². The van der Waals surface area contributed by atoms with Crippen LogP contribution in [0.1, 0.15) is 22.9 Å². The quantitative estimate of drug-likeness (QED) is 0.472. The monoisotopic (exact) mass is 448 g/mol. The van der Waals surface area contributed by atoms with E-state index in [0.29, 0.717) is 5.56 Å². The summed E-state index contributed by atoms with van der Waals surface area (Å²) in [6, 6.07) is 12.0. The first-order valence-electron chi connectivity index (χ1n) is 9.53. The fourth-order valence-electron chi connectivity index (χ4n) is 4.16. The Balaban J connectivity index is 1.89. The van der Waals surface area contributed by atoms with Gasteiger partial charge in [-0.05, 0) is 29.3 Å². The molecule has 0 aliphatic carbocycles. The molecule has 0 fully saturated rings. The number of halogens is 3. The lowest BCUT2D eigenvalue weighted by atomic mass is 9.88. The number of hydrogen-bond acceptors (Lipinski definition) is 4. The van der Waals surface area contributed by atoms with Gasteiger partial charge in [0.1, 0.15) is 17.7 Å². The van der Waals surface area contributed by atoms with Gasteiger partial charge in [0.15, 0.2) is 0 Å². The number of carbonyl (C=O) groups is 2. The van der Waals surface area contributed by atoms with E-state index in [4.69, 9.17) is 16.3 Å². The largest absolute Gasteiger partial charge is 0.467 e. The first-order chi connectivity index (χ1) is 14.9. The van der Waals surface area contributed by atoms with Crippen molar-refractivity contribution in [2.75, 3.05) is 13.0 Å². The molecule has 0 bridgehead atoms. The molecule has 0 saturated heterocycles. The number of nitrogens with zero attached hydrogens (tertiary/aromatic N) is 1. The highest BCUT2D eigenvalue weighted by Gasteiger charge is 2.43. The molecule has 1 aliphatic heterocycles. The van der Waals surface area contributed by atoms with Crippen molar-refractivity contribution in [2.24, 2.45) is 0 Å². The average Bonchev–Trinajstić information content (AvgIpc) is 3.15. The minimum absolute atomic E-state index is 0.00818. The van der Waals surface area contributed by atoms with E-state index >= 15 is 0 Å². The molecule has 0 unspecified atom stereocenters. The number of amides is 1. The van der Waals surface area contributed by atoms with Crippen LogP contribution in [0.5, 0.6) is 5.75 Å². The molecule has 2 atom stereocenters. The molecule has 1 aromatic heterocycles. The van der Waals surface area contributed by atoms with E-state index in [1.54, 1.807) is 12.1 Å². The maximum absolute atomic E-state index is 12.9. The van der Waals surface area contributed by atoms with E-state index in [1.807, 2.05) is 24.3 Å². The highest BCUT2D eigenvalue weighted by molar-refractivity contribution is 6.27. The molecular weight excluding hydrogens is 430 g/mol. The number of aromatic amines is 1. The number of benzene rings is 2. The number of nitrogens with one attached hydrogen (secondary N) is 1. The molecule has 162 valence electrons. The Labute approximate surface area is 181 Å². The third-order valence-corrected chi connectivity index (χ3v) is 5.66. The van der Waals surface area contributed by atoms with E-state index in [0.717, 1.165) is 22.2 Å². The Morgan fingerprint density at radius 2 is 1.90 bits per heavy atom. The fraction of sp³-hybridized carbons (Fsp3) is 0.273. The van der Waals surface area contributed by atoms with E-state index in [9.17, 15) is 18.4 Å². The Hall–Kier alpha value is -3.13. The van der Waals surface area contributed by atoms with Crippen LogP contribution >= 0.6 is 11.6 Å². The molecule has 31 heavy (non-hydrogen) atoms. The van der Waals surface area contributed by atoms with Crippen LogP contribution in [0.3, 0.4) is 0 Å². The topological polar surface area (TPSA) is 71.6 Å². The molecule has 1 amide bonds. The first-order valence-corrected chi connectivity index (χ1v) is 10.1. The molecule has 2 aromatic carbocycles. The maximum Gasteiger partial charge on any atom is 0.387 e. The Kier molecular flexibility index (Phi) is 5.82. The lowest BCUT2D eigenvalue weighted by Crippen LogP contribution is -2.52. The minimum Gasteiger partial charge on any atom is -0.467 e. The van der Waals surface area contributed by atoms with Crippen molar-refractivity contribution in [3.05, 3.63) is 65.4 Å². The lowest BCUT2D eigenvalue weighted by Gasteiger charge is -2.40. The second-order valence-electron chi connectivity index (χ2n) is 7.09. The summed E-state index contributed by atoms with van der Waals surface area (Å²) in [5.41, 5.74) is 3.10. The number of H-pyrrole nitrogens is 1. The molecule has 4 rings (SSSR count). The van der Waals surface area contributed by atoms with Crippen LogP contribution in [0.4, 0.5) is 8.78 Å². The van der Waals surface area contributed by atoms with Gasteiger partial charge in [0.05, 0.1) is 13.2 Å². The van der Waals surface area contributed by atoms with E-state index in [-0.39, 0.29) is 18.1 Å². The molecular formula is C22H19ClF2N2O4.